The van der Waals surface area contributed by atoms with Gasteiger partial charge in [-0.1, -0.05) is 0 Å². The Kier molecular flexibility index (Phi) is 7.09. The van der Waals surface area contributed by atoms with E-state index >= 15 is 0 Å². The maximum Gasteiger partial charge on any atom is 0.323 e. The standard InChI is InChI=1S/C19H27N6O7P/c1-10(2)31-18(28)11(3)24-33(4,29)30-8-19(7-20)16(27)14(26)15(32-19)12-5-6-13-17(21)22-9-23-25(12)13/h5-6,9-11,14-16,26-27H,8H2,1-4H3,(H,24,29)(H2,21,22,23)/t11-,14-,15-,16-,19+,33+/m0/s1. The molecule has 1 aliphatic rings. The molecule has 3 heterocycles. The largest absolute Gasteiger partial charge is 0.462 e. The second kappa shape index (κ2) is 9.34. The van der Waals surface area contributed by atoms with Crippen LogP contribution in [0.15, 0.2) is 18.5 Å². The van der Waals surface area contributed by atoms with Crippen LogP contribution < -0.4 is 10.8 Å². The number of aliphatic hydroxyl groups excluding tert-OH is 2. The van der Waals surface area contributed by atoms with E-state index in [1.165, 1.54) is 24.4 Å². The zero-order chi connectivity index (χ0) is 24.6. The fourth-order valence-electron chi connectivity index (χ4n) is 3.47. The Labute approximate surface area is 190 Å². The van der Waals surface area contributed by atoms with Crippen molar-refractivity contribution in [2.24, 2.45) is 0 Å². The van der Waals surface area contributed by atoms with Gasteiger partial charge in [-0.3, -0.25) is 9.36 Å². The number of nitrogens with one attached hydrogen (secondary N) is 1. The molecule has 0 unspecified atom stereocenters. The van der Waals surface area contributed by atoms with Crippen molar-refractivity contribution in [1.29, 1.82) is 5.26 Å². The highest BCUT2D eigenvalue weighted by molar-refractivity contribution is 7.56. The van der Waals surface area contributed by atoms with Crippen LogP contribution in [0.3, 0.4) is 0 Å². The summed E-state index contributed by atoms with van der Waals surface area (Å²) < 4.78 is 30.4. The second-order valence-electron chi connectivity index (χ2n) is 8.13. The highest BCUT2D eigenvalue weighted by Crippen LogP contribution is 2.45. The Morgan fingerprint density at radius 1 is 1.45 bits per heavy atom. The lowest BCUT2D eigenvalue weighted by Gasteiger charge is -2.27. The molecule has 0 saturated carbocycles. The Balaban J connectivity index is 1.76. The number of anilines is 1. The van der Waals surface area contributed by atoms with E-state index in [0.717, 1.165) is 0 Å². The van der Waals surface area contributed by atoms with Crippen LogP contribution in [-0.2, 0) is 23.4 Å². The topological polar surface area (TPSA) is 194 Å². The number of rotatable bonds is 8. The quantitative estimate of drug-likeness (QED) is 0.294. The number of aliphatic hydroxyl groups is 2. The van der Waals surface area contributed by atoms with E-state index < -0.39 is 50.1 Å². The Hall–Kier alpha value is -2.59. The lowest BCUT2D eigenvalue weighted by molar-refractivity contribution is -0.149. The minimum Gasteiger partial charge on any atom is -0.462 e. The van der Waals surface area contributed by atoms with Crippen molar-refractivity contribution in [3.63, 3.8) is 0 Å². The summed E-state index contributed by atoms with van der Waals surface area (Å²) >= 11 is 0. The molecule has 14 heteroatoms. The fourth-order valence-corrected chi connectivity index (χ4v) is 4.79. The molecule has 0 aromatic carbocycles. The summed E-state index contributed by atoms with van der Waals surface area (Å²) in [5.74, 6) is -0.429. The van der Waals surface area contributed by atoms with Gasteiger partial charge in [0.05, 0.1) is 11.8 Å². The molecule has 1 saturated heterocycles. The first-order chi connectivity index (χ1) is 15.4. The predicted octanol–water partition coefficient (Wildman–Crippen LogP) is 0.136. The average Bonchev–Trinajstić information content (AvgIpc) is 3.27. The van der Waals surface area contributed by atoms with Crippen LogP contribution in [0.2, 0.25) is 0 Å². The number of ether oxygens (including phenoxy) is 2. The zero-order valence-corrected chi connectivity index (χ0v) is 19.5. The van der Waals surface area contributed by atoms with Crippen LogP contribution in [0.1, 0.15) is 32.6 Å². The number of fused-ring (bicyclic) bond motifs is 1. The van der Waals surface area contributed by atoms with Gasteiger partial charge in [0.25, 0.3) is 7.52 Å². The van der Waals surface area contributed by atoms with Crippen molar-refractivity contribution < 1.29 is 33.6 Å². The van der Waals surface area contributed by atoms with Gasteiger partial charge in [0.1, 0.15) is 48.9 Å². The first kappa shape index (κ1) is 25.0. The lowest BCUT2D eigenvalue weighted by Crippen LogP contribution is -2.46. The number of esters is 1. The van der Waals surface area contributed by atoms with E-state index in [9.17, 15) is 24.8 Å². The first-order valence-corrected chi connectivity index (χ1v) is 12.2. The number of nitrogens with zero attached hydrogens (tertiary/aromatic N) is 4. The predicted molar refractivity (Wildman–Crippen MR) is 115 cm³/mol. The van der Waals surface area contributed by atoms with Crippen LogP contribution in [0.5, 0.6) is 0 Å². The third kappa shape index (κ3) is 5.01. The van der Waals surface area contributed by atoms with Crippen molar-refractivity contribution in [3.8, 4) is 6.07 Å². The monoisotopic (exact) mass is 482 g/mol. The SMILES string of the molecule is CC(C)OC(=O)[C@H](C)N[P@](C)(=O)OC[C@@]1(C#N)O[C@@H](c2ccc3c(N)ncnn23)[C@H](O)[C@@H]1O. The van der Waals surface area contributed by atoms with E-state index in [2.05, 4.69) is 15.2 Å². The lowest BCUT2D eigenvalue weighted by atomic mass is 9.96. The molecule has 180 valence electrons. The Morgan fingerprint density at radius 2 is 2.15 bits per heavy atom. The number of nitrogens with two attached hydrogens (primary N) is 1. The van der Waals surface area contributed by atoms with E-state index in [0.29, 0.717) is 11.2 Å². The molecule has 33 heavy (non-hydrogen) atoms. The van der Waals surface area contributed by atoms with Crippen LogP contribution in [0.25, 0.3) is 5.52 Å². The molecule has 5 N–H and O–H groups in total. The number of hydrogen-bond acceptors (Lipinski definition) is 11. The minimum atomic E-state index is -3.64. The number of nitrogen functional groups attached to an aromatic ring is 1. The molecule has 3 rings (SSSR count). The van der Waals surface area contributed by atoms with Gasteiger partial charge in [-0.25, -0.2) is 14.6 Å². The average molecular weight is 482 g/mol. The minimum absolute atomic E-state index is 0.197. The van der Waals surface area contributed by atoms with Gasteiger partial charge in [0.15, 0.2) is 5.82 Å². The van der Waals surface area contributed by atoms with E-state index in [-0.39, 0.29) is 11.9 Å². The number of carbonyl (C=O) groups excluding carboxylic acids is 1. The van der Waals surface area contributed by atoms with Gasteiger partial charge >= 0.3 is 5.97 Å². The molecule has 0 bridgehead atoms. The molecule has 0 radical (unpaired) electrons. The molecular weight excluding hydrogens is 455 g/mol. The van der Waals surface area contributed by atoms with Crippen molar-refractivity contribution in [2.45, 2.75) is 56.8 Å². The van der Waals surface area contributed by atoms with Crippen molar-refractivity contribution in [3.05, 3.63) is 24.2 Å². The zero-order valence-electron chi connectivity index (χ0n) is 18.6. The van der Waals surface area contributed by atoms with Gasteiger partial charge in [-0.15, -0.1) is 0 Å². The van der Waals surface area contributed by atoms with E-state index in [1.807, 2.05) is 6.07 Å². The third-order valence-corrected chi connectivity index (χ3v) is 6.58. The van der Waals surface area contributed by atoms with Gasteiger partial charge in [-0.05, 0) is 32.9 Å². The number of hydrogen-bond donors (Lipinski definition) is 4. The molecule has 0 aliphatic carbocycles. The second-order valence-corrected chi connectivity index (χ2v) is 10.3. The molecule has 0 amide bonds. The molecule has 1 aliphatic heterocycles. The van der Waals surface area contributed by atoms with Gasteiger partial charge in [0, 0.05) is 6.66 Å². The fraction of sp³-hybridized carbons (Fsp3) is 0.579. The highest BCUT2D eigenvalue weighted by Gasteiger charge is 2.57. The Bertz CT molecular complexity index is 1120. The summed E-state index contributed by atoms with van der Waals surface area (Å²) in [6.07, 6.45) is -3.52. The smallest absolute Gasteiger partial charge is 0.323 e. The maximum absolute atomic E-state index is 12.9. The van der Waals surface area contributed by atoms with E-state index in [4.69, 9.17) is 19.7 Å². The summed E-state index contributed by atoms with van der Waals surface area (Å²) in [4.78, 5) is 15.9. The van der Waals surface area contributed by atoms with Crippen LogP contribution in [-0.4, -0.2) is 74.0 Å². The number of aromatic nitrogens is 3. The van der Waals surface area contributed by atoms with Crippen molar-refractivity contribution in [2.75, 3.05) is 19.0 Å². The first-order valence-electron chi connectivity index (χ1n) is 10.1. The van der Waals surface area contributed by atoms with Crippen LogP contribution in [0, 0.1) is 11.3 Å². The normalized spacial score (nSPS) is 27.9. The molecule has 13 nitrogen and oxygen atoms in total. The molecule has 6 atom stereocenters. The number of nitriles is 1. The molecule has 2 aromatic heterocycles. The van der Waals surface area contributed by atoms with Gasteiger partial charge < -0.3 is 29.9 Å². The van der Waals surface area contributed by atoms with Crippen molar-refractivity contribution in [1.82, 2.24) is 19.7 Å². The summed E-state index contributed by atoms with van der Waals surface area (Å²) in [5.41, 5.74) is 4.56. The maximum atomic E-state index is 12.9. The summed E-state index contributed by atoms with van der Waals surface area (Å²) in [6.45, 7) is 5.38. The summed E-state index contributed by atoms with van der Waals surface area (Å²) in [5, 5.41) is 37.7. The van der Waals surface area contributed by atoms with Gasteiger partial charge in [-0.2, -0.15) is 10.4 Å². The third-order valence-electron chi connectivity index (χ3n) is 5.10. The Morgan fingerprint density at radius 3 is 2.79 bits per heavy atom. The highest BCUT2D eigenvalue weighted by atomic mass is 31.2. The summed E-state index contributed by atoms with van der Waals surface area (Å²) in [6, 6.07) is 4.05. The van der Waals surface area contributed by atoms with Crippen LogP contribution in [0.4, 0.5) is 5.82 Å². The van der Waals surface area contributed by atoms with Crippen molar-refractivity contribution >= 4 is 24.8 Å². The summed E-state index contributed by atoms with van der Waals surface area (Å²) in [7, 11) is -3.64. The number of carbonyl (C=O) groups is 1. The molecule has 2 aromatic rings. The molecule has 1 fully saturated rings. The van der Waals surface area contributed by atoms with Gasteiger partial charge in [0.2, 0.25) is 5.60 Å². The van der Waals surface area contributed by atoms with E-state index in [1.54, 1.807) is 26.0 Å². The molecule has 0 spiro atoms. The molecular formula is C19H27N6O7P. The van der Waals surface area contributed by atoms with Crippen LogP contribution >= 0.6 is 7.52 Å².